The highest BCUT2D eigenvalue weighted by Crippen LogP contribution is 2.11. The van der Waals surface area contributed by atoms with Gasteiger partial charge in [-0.15, -0.1) is 5.10 Å². The molecular weight excluding hydrogens is 272 g/mol. The summed E-state index contributed by atoms with van der Waals surface area (Å²) in [5, 5.41) is 7.44. The Hall–Kier alpha value is -2.70. The van der Waals surface area contributed by atoms with Gasteiger partial charge in [0.25, 0.3) is 0 Å². The summed E-state index contributed by atoms with van der Waals surface area (Å²) in [6, 6.07) is 9.26. The van der Waals surface area contributed by atoms with Crippen LogP contribution in [0.5, 0.6) is 0 Å². The predicted octanol–water partition coefficient (Wildman–Crippen LogP) is 1.12. The van der Waals surface area contributed by atoms with Crippen LogP contribution in [0.3, 0.4) is 0 Å². The number of hydrogen-bond acceptors (Lipinski definition) is 5. The van der Waals surface area contributed by atoms with Gasteiger partial charge in [0.05, 0.1) is 12.8 Å². The van der Waals surface area contributed by atoms with Crippen LogP contribution in [0.15, 0.2) is 36.5 Å². The van der Waals surface area contributed by atoms with Gasteiger partial charge in [0.15, 0.2) is 5.69 Å². The molecule has 0 bridgehead atoms. The third-order valence-corrected chi connectivity index (χ3v) is 2.84. The van der Waals surface area contributed by atoms with Crippen molar-refractivity contribution in [3.8, 4) is 0 Å². The SMILES string of the molecule is CCOC(=O)c1cn(CC(=O)N(C)c2ccccc2)nn1. The Bertz CT molecular complexity index is 624. The van der Waals surface area contributed by atoms with Crippen LogP contribution in [0.1, 0.15) is 17.4 Å². The van der Waals surface area contributed by atoms with Crippen LogP contribution < -0.4 is 4.90 Å². The molecular formula is C14H16N4O3. The van der Waals surface area contributed by atoms with Gasteiger partial charge in [0, 0.05) is 12.7 Å². The number of carbonyl (C=O) groups excluding carboxylic acids is 2. The lowest BCUT2D eigenvalue weighted by molar-refractivity contribution is -0.119. The third-order valence-electron chi connectivity index (χ3n) is 2.84. The quantitative estimate of drug-likeness (QED) is 0.770. The van der Waals surface area contributed by atoms with Gasteiger partial charge in [0.1, 0.15) is 6.54 Å². The van der Waals surface area contributed by atoms with E-state index in [4.69, 9.17) is 4.74 Å². The smallest absolute Gasteiger partial charge is 0.360 e. The number of aromatic nitrogens is 3. The summed E-state index contributed by atoms with van der Waals surface area (Å²) >= 11 is 0. The van der Waals surface area contributed by atoms with Crippen molar-refractivity contribution in [3.63, 3.8) is 0 Å². The molecule has 0 saturated carbocycles. The van der Waals surface area contributed by atoms with E-state index in [1.807, 2.05) is 30.3 Å². The minimum absolute atomic E-state index is 0.00218. The van der Waals surface area contributed by atoms with Crippen LogP contribution >= 0.6 is 0 Å². The first-order chi connectivity index (χ1) is 10.1. The highest BCUT2D eigenvalue weighted by molar-refractivity contribution is 5.92. The molecule has 1 heterocycles. The number of esters is 1. The van der Waals surface area contributed by atoms with E-state index in [1.165, 1.54) is 15.8 Å². The van der Waals surface area contributed by atoms with Crippen molar-refractivity contribution in [1.82, 2.24) is 15.0 Å². The molecule has 1 amide bonds. The van der Waals surface area contributed by atoms with Crippen molar-refractivity contribution >= 4 is 17.6 Å². The molecule has 0 atom stereocenters. The molecule has 2 rings (SSSR count). The molecule has 2 aromatic rings. The predicted molar refractivity (Wildman–Crippen MR) is 75.8 cm³/mol. The fraction of sp³-hybridized carbons (Fsp3) is 0.286. The van der Waals surface area contributed by atoms with E-state index in [0.29, 0.717) is 0 Å². The maximum Gasteiger partial charge on any atom is 0.360 e. The van der Waals surface area contributed by atoms with Crippen LogP contribution in [-0.2, 0) is 16.1 Å². The molecule has 0 aliphatic carbocycles. The number of anilines is 1. The molecule has 7 heteroatoms. The second-order valence-corrected chi connectivity index (χ2v) is 4.31. The molecule has 7 nitrogen and oxygen atoms in total. The first-order valence-electron chi connectivity index (χ1n) is 6.50. The molecule has 0 unspecified atom stereocenters. The lowest BCUT2D eigenvalue weighted by atomic mass is 10.3. The fourth-order valence-corrected chi connectivity index (χ4v) is 1.71. The number of ether oxygens (including phenoxy) is 1. The Morgan fingerprint density at radius 3 is 2.67 bits per heavy atom. The van der Waals surface area contributed by atoms with Crippen LogP contribution in [0.25, 0.3) is 0 Å². The minimum atomic E-state index is -0.549. The number of nitrogens with zero attached hydrogens (tertiary/aromatic N) is 4. The Labute approximate surface area is 122 Å². The average molecular weight is 288 g/mol. The second-order valence-electron chi connectivity index (χ2n) is 4.31. The first-order valence-corrected chi connectivity index (χ1v) is 6.50. The van der Waals surface area contributed by atoms with Crippen LogP contribution in [-0.4, -0.2) is 40.5 Å². The van der Waals surface area contributed by atoms with Crippen molar-refractivity contribution in [3.05, 3.63) is 42.2 Å². The maximum absolute atomic E-state index is 12.1. The molecule has 110 valence electrons. The molecule has 0 radical (unpaired) electrons. The number of rotatable bonds is 5. The summed E-state index contributed by atoms with van der Waals surface area (Å²) in [6.07, 6.45) is 1.40. The maximum atomic E-state index is 12.1. The number of para-hydroxylation sites is 1. The number of hydrogen-bond donors (Lipinski definition) is 0. The van der Waals surface area contributed by atoms with Crippen LogP contribution in [0, 0.1) is 0 Å². The Kier molecular flexibility index (Phi) is 4.65. The zero-order chi connectivity index (χ0) is 15.2. The fourth-order valence-electron chi connectivity index (χ4n) is 1.71. The topological polar surface area (TPSA) is 77.3 Å². The summed E-state index contributed by atoms with van der Waals surface area (Å²) in [5.41, 5.74) is 0.875. The summed E-state index contributed by atoms with van der Waals surface area (Å²) in [5.74, 6) is -0.714. The second kappa shape index (κ2) is 6.65. The zero-order valence-corrected chi connectivity index (χ0v) is 11.9. The summed E-state index contributed by atoms with van der Waals surface area (Å²) in [4.78, 5) is 25.1. The van der Waals surface area contributed by atoms with E-state index < -0.39 is 5.97 Å². The summed E-state index contributed by atoms with van der Waals surface area (Å²) in [6.45, 7) is 1.97. The molecule has 0 aliphatic heterocycles. The van der Waals surface area contributed by atoms with Crippen molar-refractivity contribution in [2.24, 2.45) is 0 Å². The Morgan fingerprint density at radius 1 is 1.29 bits per heavy atom. The van der Waals surface area contributed by atoms with Gasteiger partial charge in [-0.2, -0.15) is 0 Å². The zero-order valence-electron chi connectivity index (χ0n) is 11.9. The van der Waals surface area contributed by atoms with E-state index in [2.05, 4.69) is 10.3 Å². The Morgan fingerprint density at radius 2 is 2.00 bits per heavy atom. The molecule has 21 heavy (non-hydrogen) atoms. The van der Waals surface area contributed by atoms with Gasteiger partial charge >= 0.3 is 5.97 Å². The van der Waals surface area contributed by atoms with Crippen molar-refractivity contribution in [1.29, 1.82) is 0 Å². The van der Waals surface area contributed by atoms with Crippen LogP contribution in [0.2, 0.25) is 0 Å². The largest absolute Gasteiger partial charge is 0.461 e. The van der Waals surface area contributed by atoms with Crippen molar-refractivity contribution < 1.29 is 14.3 Å². The molecule has 0 N–H and O–H groups in total. The van der Waals surface area contributed by atoms with Gasteiger partial charge in [0.2, 0.25) is 5.91 Å². The van der Waals surface area contributed by atoms with Gasteiger partial charge in [-0.3, -0.25) is 4.79 Å². The van der Waals surface area contributed by atoms with Gasteiger partial charge in [-0.05, 0) is 19.1 Å². The highest BCUT2D eigenvalue weighted by Gasteiger charge is 2.15. The summed E-state index contributed by atoms with van der Waals surface area (Å²) < 4.78 is 6.13. The van der Waals surface area contributed by atoms with E-state index in [1.54, 1.807) is 14.0 Å². The third kappa shape index (κ3) is 3.65. The monoisotopic (exact) mass is 288 g/mol. The lowest BCUT2D eigenvalue weighted by Gasteiger charge is -2.16. The molecule has 1 aromatic heterocycles. The van der Waals surface area contributed by atoms with Gasteiger partial charge in [-0.1, -0.05) is 23.4 Å². The standard InChI is InChI=1S/C14H16N4O3/c1-3-21-14(20)12-9-18(16-15-12)10-13(19)17(2)11-7-5-4-6-8-11/h4-9H,3,10H2,1-2H3. The van der Waals surface area contributed by atoms with E-state index >= 15 is 0 Å². The van der Waals surface area contributed by atoms with E-state index in [9.17, 15) is 9.59 Å². The first kappa shape index (κ1) is 14.7. The number of benzene rings is 1. The van der Waals surface area contributed by atoms with E-state index in [0.717, 1.165) is 5.69 Å². The van der Waals surface area contributed by atoms with E-state index in [-0.39, 0.29) is 24.8 Å². The lowest BCUT2D eigenvalue weighted by Crippen LogP contribution is -2.30. The van der Waals surface area contributed by atoms with Gasteiger partial charge in [-0.25, -0.2) is 9.48 Å². The van der Waals surface area contributed by atoms with Crippen molar-refractivity contribution in [2.45, 2.75) is 13.5 Å². The summed E-state index contributed by atoms with van der Waals surface area (Å²) in [7, 11) is 1.68. The van der Waals surface area contributed by atoms with Gasteiger partial charge < -0.3 is 9.64 Å². The molecule has 0 spiro atoms. The minimum Gasteiger partial charge on any atom is -0.461 e. The van der Waals surface area contributed by atoms with Crippen molar-refractivity contribution in [2.75, 3.05) is 18.6 Å². The number of carbonyl (C=O) groups is 2. The van der Waals surface area contributed by atoms with Crippen LogP contribution in [0.4, 0.5) is 5.69 Å². The normalized spacial score (nSPS) is 10.2. The molecule has 0 fully saturated rings. The molecule has 0 saturated heterocycles. The molecule has 1 aromatic carbocycles. The Balaban J connectivity index is 2.01. The number of likely N-dealkylation sites (N-methyl/N-ethyl adjacent to an activating group) is 1. The number of amides is 1. The molecule has 0 aliphatic rings. The highest BCUT2D eigenvalue weighted by atomic mass is 16.5. The average Bonchev–Trinajstić information content (AvgIpc) is 2.96.